The Labute approximate surface area is 164 Å². The molecule has 0 aliphatic heterocycles. The highest BCUT2D eigenvalue weighted by Crippen LogP contribution is 2.41. The van der Waals surface area contributed by atoms with Crippen LogP contribution in [0, 0.1) is 5.82 Å². The fraction of sp³-hybridized carbons (Fsp3) is 0.0500. The highest BCUT2D eigenvalue weighted by Gasteiger charge is 2.22. The molecule has 140 valence electrons. The number of H-pyrrole nitrogens is 1. The third kappa shape index (κ3) is 3.19. The van der Waals surface area contributed by atoms with Gasteiger partial charge in [-0.2, -0.15) is 5.10 Å². The lowest BCUT2D eigenvalue weighted by molar-refractivity contribution is 0.0997. The summed E-state index contributed by atoms with van der Waals surface area (Å²) in [4.78, 5) is 17.0. The number of aromatic nitrogens is 3. The highest BCUT2D eigenvalue weighted by molar-refractivity contribution is 7.18. The van der Waals surface area contributed by atoms with Gasteiger partial charge in [0, 0.05) is 23.9 Å². The lowest BCUT2D eigenvalue weighted by Crippen LogP contribution is -2.12. The van der Waals surface area contributed by atoms with Gasteiger partial charge in [0.05, 0.1) is 11.1 Å². The van der Waals surface area contributed by atoms with Crippen LogP contribution in [-0.4, -0.2) is 21.1 Å². The molecule has 0 radical (unpaired) electrons. The fourth-order valence-electron chi connectivity index (χ4n) is 3.06. The Bertz CT molecular complexity index is 1150. The zero-order valence-corrected chi connectivity index (χ0v) is 15.5. The van der Waals surface area contributed by atoms with Crippen molar-refractivity contribution < 1.29 is 9.18 Å². The number of primary amides is 1. The maximum absolute atomic E-state index is 14.1. The highest BCUT2D eigenvalue weighted by atomic mass is 32.1. The Morgan fingerprint density at radius 1 is 1.14 bits per heavy atom. The van der Waals surface area contributed by atoms with Crippen LogP contribution < -0.4 is 11.5 Å². The SMILES string of the molecule is NCc1ccccc1-c1cc(F)ccc1-c1sc(-c2cn[nH]c2)nc1C(N)=O. The second-order valence-corrected chi connectivity index (χ2v) is 7.10. The molecule has 2 aromatic heterocycles. The van der Waals surface area contributed by atoms with Crippen molar-refractivity contribution in [2.24, 2.45) is 11.5 Å². The summed E-state index contributed by atoms with van der Waals surface area (Å²) in [5.74, 6) is -1.03. The van der Waals surface area contributed by atoms with Gasteiger partial charge in [-0.3, -0.25) is 9.89 Å². The molecule has 0 atom stereocenters. The number of nitrogens with one attached hydrogen (secondary N) is 1. The predicted molar refractivity (Wildman–Crippen MR) is 107 cm³/mol. The Morgan fingerprint density at radius 2 is 1.96 bits per heavy atom. The van der Waals surface area contributed by atoms with Crippen LogP contribution in [-0.2, 0) is 6.54 Å². The Morgan fingerprint density at radius 3 is 2.68 bits per heavy atom. The van der Waals surface area contributed by atoms with Crippen LogP contribution in [0.2, 0.25) is 0 Å². The van der Waals surface area contributed by atoms with Crippen molar-refractivity contribution in [3.63, 3.8) is 0 Å². The molecule has 0 saturated heterocycles. The molecule has 0 fully saturated rings. The van der Waals surface area contributed by atoms with Crippen molar-refractivity contribution in [2.75, 3.05) is 0 Å². The van der Waals surface area contributed by atoms with E-state index >= 15 is 0 Å². The van der Waals surface area contributed by atoms with Crippen molar-refractivity contribution >= 4 is 17.2 Å². The van der Waals surface area contributed by atoms with Crippen LogP contribution in [0.5, 0.6) is 0 Å². The van der Waals surface area contributed by atoms with Gasteiger partial charge < -0.3 is 11.5 Å². The molecule has 0 aliphatic carbocycles. The van der Waals surface area contributed by atoms with Crippen LogP contribution in [0.15, 0.2) is 54.9 Å². The minimum Gasteiger partial charge on any atom is -0.364 e. The number of aromatic amines is 1. The molecule has 8 heteroatoms. The second kappa shape index (κ2) is 7.34. The average molecular weight is 393 g/mol. The first-order valence-corrected chi connectivity index (χ1v) is 9.28. The van der Waals surface area contributed by atoms with Crippen LogP contribution >= 0.6 is 11.3 Å². The Hall–Kier alpha value is -3.36. The van der Waals surface area contributed by atoms with E-state index in [0.717, 1.165) is 16.7 Å². The number of nitrogens with two attached hydrogens (primary N) is 2. The topological polar surface area (TPSA) is 111 Å². The normalized spacial score (nSPS) is 10.9. The van der Waals surface area contributed by atoms with E-state index in [2.05, 4.69) is 15.2 Å². The van der Waals surface area contributed by atoms with E-state index in [0.29, 0.717) is 27.6 Å². The number of thiazole rings is 1. The molecular weight excluding hydrogens is 377 g/mol. The second-order valence-electron chi connectivity index (χ2n) is 6.10. The van der Waals surface area contributed by atoms with Crippen LogP contribution in [0.25, 0.3) is 32.1 Å². The molecule has 0 unspecified atom stereocenters. The Balaban J connectivity index is 1.97. The van der Waals surface area contributed by atoms with Gasteiger partial charge in [-0.25, -0.2) is 9.37 Å². The summed E-state index contributed by atoms with van der Waals surface area (Å²) in [6.45, 7) is 0.303. The molecule has 28 heavy (non-hydrogen) atoms. The van der Waals surface area contributed by atoms with Crippen molar-refractivity contribution in [1.82, 2.24) is 15.2 Å². The maximum atomic E-state index is 14.1. The molecule has 4 rings (SSSR count). The number of hydrogen-bond donors (Lipinski definition) is 3. The zero-order chi connectivity index (χ0) is 19.7. The van der Waals surface area contributed by atoms with Crippen LogP contribution in [0.4, 0.5) is 4.39 Å². The lowest BCUT2D eigenvalue weighted by Gasteiger charge is -2.13. The molecule has 0 saturated carbocycles. The third-order valence-electron chi connectivity index (χ3n) is 4.36. The van der Waals surface area contributed by atoms with Gasteiger partial charge in [0.25, 0.3) is 5.91 Å². The number of amides is 1. The molecule has 0 spiro atoms. The molecule has 1 amide bonds. The number of nitrogens with zero attached hydrogens (tertiary/aromatic N) is 2. The van der Waals surface area contributed by atoms with Gasteiger partial charge >= 0.3 is 0 Å². The van der Waals surface area contributed by atoms with E-state index < -0.39 is 5.91 Å². The molecule has 0 bridgehead atoms. The van der Waals surface area contributed by atoms with E-state index in [1.54, 1.807) is 18.5 Å². The minimum absolute atomic E-state index is 0.138. The minimum atomic E-state index is -0.650. The standard InChI is InChI=1S/C20H16FN5OS/c21-13-5-6-15(16(7-13)14-4-2-1-3-11(14)8-22)18-17(19(23)27)26-20(28-18)12-9-24-25-10-12/h1-7,9-10H,8,22H2,(H2,23,27)(H,24,25). The van der Waals surface area contributed by atoms with Gasteiger partial charge in [-0.05, 0) is 34.9 Å². The molecule has 2 aromatic carbocycles. The van der Waals surface area contributed by atoms with Gasteiger partial charge in [-0.15, -0.1) is 11.3 Å². The molecule has 4 aromatic rings. The van der Waals surface area contributed by atoms with Crippen LogP contribution in [0.1, 0.15) is 16.1 Å². The first kappa shape index (κ1) is 18.0. The van der Waals surface area contributed by atoms with E-state index in [4.69, 9.17) is 11.5 Å². The number of rotatable bonds is 5. The summed E-state index contributed by atoms with van der Waals surface area (Å²) in [5, 5.41) is 7.24. The predicted octanol–water partition coefficient (Wildman–Crippen LogP) is 3.56. The summed E-state index contributed by atoms with van der Waals surface area (Å²) in [6, 6.07) is 11.9. The first-order valence-electron chi connectivity index (χ1n) is 8.46. The lowest BCUT2D eigenvalue weighted by atomic mass is 9.94. The van der Waals surface area contributed by atoms with E-state index in [1.165, 1.54) is 23.5 Å². The smallest absolute Gasteiger partial charge is 0.268 e. The maximum Gasteiger partial charge on any atom is 0.268 e. The van der Waals surface area contributed by atoms with Gasteiger partial charge in [-0.1, -0.05) is 24.3 Å². The first-order chi connectivity index (χ1) is 13.6. The van der Waals surface area contributed by atoms with Gasteiger partial charge in [0.15, 0.2) is 0 Å². The third-order valence-corrected chi connectivity index (χ3v) is 5.50. The molecule has 2 heterocycles. The molecule has 0 aliphatic rings. The molecule has 6 nitrogen and oxygen atoms in total. The number of halogens is 1. The van der Waals surface area contributed by atoms with Crippen molar-refractivity contribution in [3.05, 3.63) is 71.9 Å². The van der Waals surface area contributed by atoms with Crippen molar-refractivity contribution in [2.45, 2.75) is 6.54 Å². The largest absolute Gasteiger partial charge is 0.364 e. The number of carbonyl (C=O) groups excluding carboxylic acids is 1. The fourth-order valence-corrected chi connectivity index (χ4v) is 4.15. The molecular formula is C20H16FN5OS. The Kier molecular flexibility index (Phi) is 4.72. The van der Waals surface area contributed by atoms with Crippen molar-refractivity contribution in [1.29, 1.82) is 0 Å². The number of hydrogen-bond acceptors (Lipinski definition) is 5. The summed E-state index contributed by atoms with van der Waals surface area (Å²) in [6.07, 6.45) is 3.30. The summed E-state index contributed by atoms with van der Waals surface area (Å²) in [5.41, 5.74) is 15.3. The van der Waals surface area contributed by atoms with E-state index in [1.807, 2.05) is 24.3 Å². The van der Waals surface area contributed by atoms with Gasteiger partial charge in [0.2, 0.25) is 0 Å². The number of benzene rings is 2. The summed E-state index contributed by atoms with van der Waals surface area (Å²) < 4.78 is 14.1. The van der Waals surface area contributed by atoms with E-state index in [9.17, 15) is 9.18 Å². The zero-order valence-electron chi connectivity index (χ0n) is 14.6. The van der Waals surface area contributed by atoms with Crippen LogP contribution in [0.3, 0.4) is 0 Å². The van der Waals surface area contributed by atoms with Gasteiger partial charge in [0.1, 0.15) is 16.5 Å². The quantitative estimate of drug-likeness (QED) is 0.481. The van der Waals surface area contributed by atoms with Crippen molar-refractivity contribution in [3.8, 4) is 32.1 Å². The molecule has 5 N–H and O–H groups in total. The summed E-state index contributed by atoms with van der Waals surface area (Å²) in [7, 11) is 0. The summed E-state index contributed by atoms with van der Waals surface area (Å²) >= 11 is 1.30. The number of carbonyl (C=O) groups is 1. The van der Waals surface area contributed by atoms with E-state index in [-0.39, 0.29) is 11.5 Å². The average Bonchev–Trinajstić information content (AvgIpc) is 3.37. The monoisotopic (exact) mass is 393 g/mol.